The van der Waals surface area contributed by atoms with Crippen molar-refractivity contribution >= 4 is 35.2 Å². The number of hydrogen-bond donors (Lipinski definition) is 1. The van der Waals surface area contributed by atoms with Crippen molar-refractivity contribution in [3.05, 3.63) is 49.6 Å². The number of anilines is 1. The van der Waals surface area contributed by atoms with Crippen molar-refractivity contribution < 1.29 is 24.2 Å². The molecule has 6 atom stereocenters. The lowest BCUT2D eigenvalue weighted by Gasteiger charge is -2.39. The van der Waals surface area contributed by atoms with Crippen LogP contribution in [0.15, 0.2) is 49.6 Å². The third kappa shape index (κ3) is 5.74. The molecule has 1 aromatic carbocycles. The fraction of sp³-hybridized carbons (Fsp3) is 0.606. The number of thioether (sulfide) groups is 1. The van der Waals surface area contributed by atoms with Crippen molar-refractivity contribution in [1.82, 2.24) is 9.80 Å². The highest BCUT2D eigenvalue weighted by Gasteiger charge is 2.74. The molecule has 2 unspecified atom stereocenters. The van der Waals surface area contributed by atoms with Gasteiger partial charge in [-0.3, -0.25) is 14.4 Å². The summed E-state index contributed by atoms with van der Waals surface area (Å²) in [6, 6.07) is 6.20. The summed E-state index contributed by atoms with van der Waals surface area (Å²) in [7, 11) is 0. The Hall–Kier alpha value is -2.78. The van der Waals surface area contributed by atoms with Crippen LogP contribution in [0.25, 0.3) is 0 Å². The summed E-state index contributed by atoms with van der Waals surface area (Å²) in [6.45, 7) is 15.4. The first kappa shape index (κ1) is 32.1. The van der Waals surface area contributed by atoms with E-state index in [2.05, 4.69) is 20.1 Å². The number of benzene rings is 1. The zero-order valence-electron chi connectivity index (χ0n) is 25.4. The quantitative estimate of drug-likeness (QED) is 0.220. The number of amides is 3. The Morgan fingerprint density at radius 1 is 1.14 bits per heavy atom. The molecule has 3 aliphatic rings. The molecule has 230 valence electrons. The van der Waals surface area contributed by atoms with E-state index in [1.165, 1.54) is 0 Å². The Morgan fingerprint density at radius 2 is 1.86 bits per heavy atom. The molecule has 2 bridgehead atoms. The Morgan fingerprint density at radius 3 is 2.45 bits per heavy atom. The monoisotopic (exact) mass is 597 g/mol. The predicted molar refractivity (Wildman–Crippen MR) is 169 cm³/mol. The predicted octanol–water partition coefficient (Wildman–Crippen LogP) is 4.67. The maximum absolute atomic E-state index is 14.4. The van der Waals surface area contributed by atoms with Gasteiger partial charge < -0.3 is 24.5 Å². The lowest BCUT2D eigenvalue weighted by atomic mass is 9.70. The Bertz CT molecular complexity index is 1140. The van der Waals surface area contributed by atoms with Crippen LogP contribution in [0, 0.1) is 11.8 Å². The highest BCUT2D eigenvalue weighted by Crippen LogP contribution is 2.67. The van der Waals surface area contributed by atoms with E-state index >= 15 is 0 Å². The number of rotatable bonds is 16. The minimum atomic E-state index is -0.722. The van der Waals surface area contributed by atoms with Gasteiger partial charge in [-0.05, 0) is 56.9 Å². The Kier molecular flexibility index (Phi) is 10.8. The minimum absolute atomic E-state index is 0.0546. The number of fused-ring (bicyclic) bond motifs is 1. The summed E-state index contributed by atoms with van der Waals surface area (Å²) >= 11 is 1.66. The molecule has 3 fully saturated rings. The number of ether oxygens (including phenoxy) is 1. The van der Waals surface area contributed by atoms with Crippen molar-refractivity contribution in [2.45, 2.75) is 81.4 Å². The average Bonchev–Trinajstić information content (AvgIpc) is 3.64. The summed E-state index contributed by atoms with van der Waals surface area (Å²) < 4.78 is 4.88. The molecule has 0 aliphatic carbocycles. The van der Waals surface area contributed by atoms with Crippen LogP contribution in [-0.2, 0) is 14.4 Å². The van der Waals surface area contributed by atoms with Gasteiger partial charge in [0.2, 0.25) is 17.7 Å². The summed E-state index contributed by atoms with van der Waals surface area (Å²) in [5.74, 6) is -0.856. The molecule has 0 radical (unpaired) electrons. The average molecular weight is 598 g/mol. The molecule has 3 saturated heterocycles. The zero-order chi connectivity index (χ0) is 30.4. The van der Waals surface area contributed by atoms with E-state index in [9.17, 15) is 19.5 Å². The molecular weight excluding hydrogens is 550 g/mol. The van der Waals surface area contributed by atoms with Crippen LogP contribution in [0.3, 0.4) is 0 Å². The van der Waals surface area contributed by atoms with E-state index in [1.807, 2.05) is 43.0 Å². The molecule has 1 N–H and O–H groups in total. The van der Waals surface area contributed by atoms with Crippen LogP contribution in [0.2, 0.25) is 0 Å². The van der Waals surface area contributed by atoms with Crippen LogP contribution in [-0.4, -0.2) is 87.6 Å². The maximum Gasteiger partial charge on any atom is 0.247 e. The molecule has 42 heavy (non-hydrogen) atoms. The van der Waals surface area contributed by atoms with Gasteiger partial charge in [-0.15, -0.1) is 24.9 Å². The highest BCUT2D eigenvalue weighted by molar-refractivity contribution is 8.02. The van der Waals surface area contributed by atoms with Gasteiger partial charge in [-0.25, -0.2) is 0 Å². The largest absolute Gasteiger partial charge is 0.494 e. The standard InChI is InChI=1S/C33H47N3O5S/c1-6-11-12-21-34(19-7-2)32(40)29-33-18-17-26(42-33)27(28(33)31(39)36(29)23(9-4)22-37)30(38)35(20-8-3)24-13-15-25(16-14-24)41-10-5/h7-8,13-16,23,26-29,37H,2-3,6,9-12,17-22H2,1,4-5H3/t23-,26-,27+,28-,29?,33?/m0/s1. The van der Waals surface area contributed by atoms with Crippen molar-refractivity contribution in [2.24, 2.45) is 11.8 Å². The lowest BCUT2D eigenvalue weighted by Crippen LogP contribution is -2.57. The smallest absolute Gasteiger partial charge is 0.247 e. The fourth-order valence-electron chi connectivity index (χ4n) is 7.15. The van der Waals surface area contributed by atoms with Gasteiger partial charge in [0, 0.05) is 30.6 Å². The summed E-state index contributed by atoms with van der Waals surface area (Å²) in [6.07, 6.45) is 8.33. The molecule has 1 aromatic rings. The van der Waals surface area contributed by atoms with Crippen LogP contribution >= 0.6 is 11.8 Å². The van der Waals surface area contributed by atoms with Crippen molar-refractivity contribution in [1.29, 1.82) is 0 Å². The first-order valence-corrected chi connectivity index (χ1v) is 16.4. The van der Waals surface area contributed by atoms with Gasteiger partial charge in [0.1, 0.15) is 11.8 Å². The Balaban J connectivity index is 1.72. The number of aliphatic hydroxyl groups excluding tert-OH is 1. The van der Waals surface area contributed by atoms with Gasteiger partial charge in [0.05, 0.1) is 35.8 Å². The zero-order valence-corrected chi connectivity index (χ0v) is 26.2. The third-order valence-corrected chi connectivity index (χ3v) is 11.0. The molecule has 1 spiro atoms. The van der Waals surface area contributed by atoms with E-state index in [1.54, 1.807) is 33.7 Å². The number of aliphatic hydroxyl groups is 1. The molecule has 3 aliphatic heterocycles. The van der Waals surface area contributed by atoms with Gasteiger partial charge in [-0.2, -0.15) is 0 Å². The highest BCUT2D eigenvalue weighted by atomic mass is 32.2. The molecular formula is C33H47N3O5S. The third-order valence-electron chi connectivity index (χ3n) is 9.06. The van der Waals surface area contributed by atoms with Gasteiger partial charge >= 0.3 is 0 Å². The first-order chi connectivity index (χ1) is 20.3. The van der Waals surface area contributed by atoms with Crippen LogP contribution < -0.4 is 9.64 Å². The van der Waals surface area contributed by atoms with Gasteiger partial charge in [0.25, 0.3) is 0 Å². The van der Waals surface area contributed by atoms with Crippen molar-refractivity contribution in [3.63, 3.8) is 0 Å². The van der Waals surface area contributed by atoms with Crippen LogP contribution in [0.5, 0.6) is 5.75 Å². The maximum atomic E-state index is 14.4. The minimum Gasteiger partial charge on any atom is -0.494 e. The topological polar surface area (TPSA) is 90.4 Å². The molecule has 4 rings (SSSR count). The van der Waals surface area contributed by atoms with E-state index in [0.29, 0.717) is 39.1 Å². The van der Waals surface area contributed by atoms with Crippen molar-refractivity contribution in [2.75, 3.05) is 37.7 Å². The fourth-order valence-corrected chi connectivity index (χ4v) is 9.35. The van der Waals surface area contributed by atoms with Crippen LogP contribution in [0.1, 0.15) is 59.3 Å². The normalized spacial score (nSPS) is 26.6. The molecule has 3 heterocycles. The van der Waals surface area contributed by atoms with E-state index in [0.717, 1.165) is 37.1 Å². The second kappa shape index (κ2) is 14.1. The number of likely N-dealkylation sites (tertiary alicyclic amines) is 1. The first-order valence-electron chi connectivity index (χ1n) is 15.5. The molecule has 0 aromatic heterocycles. The van der Waals surface area contributed by atoms with E-state index in [-0.39, 0.29) is 29.6 Å². The van der Waals surface area contributed by atoms with Crippen LogP contribution in [0.4, 0.5) is 5.69 Å². The number of nitrogens with zero attached hydrogens (tertiary/aromatic N) is 3. The lowest BCUT2D eigenvalue weighted by molar-refractivity contribution is -0.145. The number of unbranched alkanes of at least 4 members (excludes halogenated alkanes) is 2. The second-order valence-electron chi connectivity index (χ2n) is 11.5. The van der Waals surface area contributed by atoms with Gasteiger partial charge in [-0.1, -0.05) is 38.8 Å². The summed E-state index contributed by atoms with van der Waals surface area (Å²) in [5.41, 5.74) is 0.718. The SMILES string of the molecule is C=CCN(CCCCC)C(=O)C1N([C@@H](CC)CO)C(=O)[C@@H]2[C@H](C(=O)N(CC=C)c3ccc(OCC)cc3)[C@@H]3CCC12S3. The number of hydrogen-bond acceptors (Lipinski definition) is 6. The summed E-state index contributed by atoms with van der Waals surface area (Å²) in [4.78, 5) is 48.5. The molecule has 0 saturated carbocycles. The Labute approximate surface area is 255 Å². The molecule has 8 nitrogen and oxygen atoms in total. The second-order valence-corrected chi connectivity index (χ2v) is 13.1. The van der Waals surface area contributed by atoms with Crippen molar-refractivity contribution in [3.8, 4) is 5.75 Å². The number of carbonyl (C=O) groups is 3. The summed E-state index contributed by atoms with van der Waals surface area (Å²) in [5, 5.41) is 10.3. The van der Waals surface area contributed by atoms with E-state index < -0.39 is 28.7 Å². The molecule has 9 heteroatoms. The van der Waals surface area contributed by atoms with E-state index in [4.69, 9.17) is 4.74 Å². The number of carbonyl (C=O) groups excluding carboxylic acids is 3. The molecule has 3 amide bonds. The van der Waals surface area contributed by atoms with Gasteiger partial charge in [0.15, 0.2) is 0 Å².